The van der Waals surface area contributed by atoms with Crippen LogP contribution in [-0.2, 0) is 4.79 Å². The summed E-state index contributed by atoms with van der Waals surface area (Å²) in [5, 5.41) is 8.19. The first kappa shape index (κ1) is 15.0. The first-order chi connectivity index (χ1) is 11.7. The van der Waals surface area contributed by atoms with E-state index in [1.54, 1.807) is 23.0 Å². The van der Waals surface area contributed by atoms with Crippen molar-refractivity contribution < 1.29 is 4.79 Å². The lowest BCUT2D eigenvalue weighted by atomic mass is 10.2. The average molecular weight is 356 g/mol. The molecule has 120 valence electrons. The van der Waals surface area contributed by atoms with Crippen molar-refractivity contribution in [1.82, 2.24) is 24.6 Å². The Hall–Kier alpha value is -2.52. The lowest BCUT2D eigenvalue weighted by molar-refractivity contribution is -0.113. The van der Waals surface area contributed by atoms with Crippen molar-refractivity contribution in [2.75, 3.05) is 11.1 Å². The van der Waals surface area contributed by atoms with E-state index in [1.165, 1.54) is 28.7 Å². The van der Waals surface area contributed by atoms with Gasteiger partial charge in [0, 0.05) is 12.4 Å². The molecule has 0 aliphatic heterocycles. The van der Waals surface area contributed by atoms with Gasteiger partial charge in [-0.2, -0.15) is 4.98 Å². The van der Waals surface area contributed by atoms with Gasteiger partial charge in [0.05, 0.1) is 16.0 Å². The number of benzene rings is 1. The summed E-state index contributed by atoms with van der Waals surface area (Å²) >= 11 is 2.73. The molecular formula is C15H12N6OS2. The number of fused-ring (bicyclic) bond motifs is 2. The minimum atomic E-state index is -0.136. The third-order valence-electron chi connectivity index (χ3n) is 3.22. The molecule has 0 aliphatic carbocycles. The van der Waals surface area contributed by atoms with Crippen LogP contribution in [0.3, 0.4) is 0 Å². The Balaban J connectivity index is 1.42. The maximum atomic E-state index is 12.1. The van der Waals surface area contributed by atoms with Gasteiger partial charge in [-0.15, -0.1) is 5.10 Å². The Morgan fingerprint density at radius 3 is 3.17 bits per heavy atom. The quantitative estimate of drug-likeness (QED) is 0.566. The molecule has 9 heteroatoms. The van der Waals surface area contributed by atoms with Crippen molar-refractivity contribution in [2.45, 2.75) is 12.1 Å². The molecular weight excluding hydrogens is 344 g/mol. The van der Waals surface area contributed by atoms with E-state index >= 15 is 0 Å². The number of carbonyl (C=O) groups is 1. The minimum Gasteiger partial charge on any atom is -0.301 e. The Labute approximate surface area is 145 Å². The first-order valence-corrected chi connectivity index (χ1v) is 8.95. The number of nitrogens with zero attached hydrogens (tertiary/aromatic N) is 5. The first-order valence-electron chi connectivity index (χ1n) is 7.15. The van der Waals surface area contributed by atoms with Gasteiger partial charge >= 0.3 is 0 Å². The Morgan fingerprint density at radius 1 is 1.38 bits per heavy atom. The summed E-state index contributed by atoms with van der Waals surface area (Å²) in [6.07, 6.45) is 3.42. The van der Waals surface area contributed by atoms with E-state index in [1.807, 2.05) is 19.1 Å². The zero-order valence-electron chi connectivity index (χ0n) is 12.6. The molecule has 0 radical (unpaired) electrons. The average Bonchev–Trinajstić information content (AvgIpc) is 3.15. The second-order valence-electron chi connectivity index (χ2n) is 5.09. The SMILES string of the molecule is Cc1ccc2nc(NC(=O)CSc3nc4ncccn4n3)sc2c1. The van der Waals surface area contributed by atoms with E-state index in [0.717, 1.165) is 10.2 Å². The van der Waals surface area contributed by atoms with Gasteiger partial charge in [0.2, 0.25) is 11.1 Å². The van der Waals surface area contributed by atoms with Crippen LogP contribution in [0.1, 0.15) is 5.56 Å². The van der Waals surface area contributed by atoms with Crippen LogP contribution in [0.5, 0.6) is 0 Å². The van der Waals surface area contributed by atoms with Gasteiger partial charge < -0.3 is 5.32 Å². The van der Waals surface area contributed by atoms with Crippen LogP contribution in [0, 0.1) is 6.92 Å². The molecule has 0 bridgehead atoms. The molecule has 0 fully saturated rings. The fourth-order valence-electron chi connectivity index (χ4n) is 2.15. The highest BCUT2D eigenvalue weighted by molar-refractivity contribution is 7.99. The predicted molar refractivity (Wildman–Crippen MR) is 94.5 cm³/mol. The Bertz CT molecular complexity index is 1010. The van der Waals surface area contributed by atoms with Crippen molar-refractivity contribution in [2.24, 2.45) is 0 Å². The van der Waals surface area contributed by atoms with E-state index in [2.05, 4.69) is 31.4 Å². The second kappa shape index (κ2) is 6.17. The minimum absolute atomic E-state index is 0.136. The van der Waals surface area contributed by atoms with Crippen LogP contribution in [0.25, 0.3) is 16.0 Å². The van der Waals surface area contributed by atoms with Gasteiger partial charge in [0.25, 0.3) is 5.78 Å². The fourth-order valence-corrected chi connectivity index (χ4v) is 3.75. The van der Waals surface area contributed by atoms with Crippen LogP contribution >= 0.6 is 23.1 Å². The number of aromatic nitrogens is 5. The predicted octanol–water partition coefficient (Wildman–Crippen LogP) is 2.77. The van der Waals surface area contributed by atoms with Gasteiger partial charge in [0.15, 0.2) is 5.13 Å². The fraction of sp³-hybridized carbons (Fsp3) is 0.133. The largest absolute Gasteiger partial charge is 0.301 e. The van der Waals surface area contributed by atoms with Gasteiger partial charge in [-0.05, 0) is 30.7 Å². The molecule has 3 heterocycles. The topological polar surface area (TPSA) is 85.1 Å². The number of carbonyl (C=O) groups excluding carboxylic acids is 1. The van der Waals surface area contributed by atoms with E-state index in [4.69, 9.17) is 0 Å². The van der Waals surface area contributed by atoms with Crippen molar-refractivity contribution >= 4 is 50.1 Å². The van der Waals surface area contributed by atoms with Gasteiger partial charge in [-0.1, -0.05) is 29.2 Å². The summed E-state index contributed by atoms with van der Waals surface area (Å²) in [5.41, 5.74) is 2.06. The molecule has 4 rings (SSSR count). The normalized spacial score (nSPS) is 11.2. The molecule has 0 saturated heterocycles. The third-order valence-corrected chi connectivity index (χ3v) is 4.99. The summed E-state index contributed by atoms with van der Waals surface area (Å²) < 4.78 is 2.64. The lowest BCUT2D eigenvalue weighted by Gasteiger charge is -1.98. The number of amides is 1. The number of hydrogen-bond acceptors (Lipinski definition) is 7. The number of rotatable bonds is 4. The Morgan fingerprint density at radius 2 is 2.29 bits per heavy atom. The molecule has 0 unspecified atom stereocenters. The highest BCUT2D eigenvalue weighted by Gasteiger charge is 2.11. The molecule has 7 nitrogen and oxygen atoms in total. The summed E-state index contributed by atoms with van der Waals surface area (Å²) in [5.74, 6) is 0.593. The molecule has 1 amide bonds. The number of anilines is 1. The van der Waals surface area contributed by atoms with Gasteiger partial charge in [-0.25, -0.2) is 14.5 Å². The summed E-state index contributed by atoms with van der Waals surface area (Å²) in [4.78, 5) is 24.9. The standard InChI is InChI=1S/C15H12N6OS2/c1-9-3-4-10-11(7-9)24-14(17-10)18-12(22)8-23-15-19-13-16-5-2-6-21(13)20-15/h2-7H,8H2,1H3,(H,17,18,22). The highest BCUT2D eigenvalue weighted by Crippen LogP contribution is 2.26. The maximum absolute atomic E-state index is 12.1. The number of thiazole rings is 1. The van der Waals surface area contributed by atoms with Crippen LogP contribution in [0.2, 0.25) is 0 Å². The van der Waals surface area contributed by atoms with Gasteiger partial charge in [0.1, 0.15) is 0 Å². The summed E-state index contributed by atoms with van der Waals surface area (Å²) in [6.45, 7) is 2.03. The number of hydrogen-bond donors (Lipinski definition) is 1. The molecule has 1 N–H and O–H groups in total. The van der Waals surface area contributed by atoms with Crippen molar-refractivity contribution in [3.63, 3.8) is 0 Å². The molecule has 0 atom stereocenters. The molecule has 3 aromatic heterocycles. The number of nitrogens with one attached hydrogen (secondary N) is 1. The van der Waals surface area contributed by atoms with E-state index in [9.17, 15) is 4.79 Å². The highest BCUT2D eigenvalue weighted by atomic mass is 32.2. The molecule has 0 saturated carbocycles. The van der Waals surface area contributed by atoms with Crippen molar-refractivity contribution in [3.8, 4) is 0 Å². The van der Waals surface area contributed by atoms with Crippen LogP contribution < -0.4 is 5.32 Å². The maximum Gasteiger partial charge on any atom is 0.253 e. The molecule has 0 spiro atoms. The Kier molecular flexibility index (Phi) is 3.87. The van der Waals surface area contributed by atoms with E-state index in [-0.39, 0.29) is 11.7 Å². The molecule has 24 heavy (non-hydrogen) atoms. The monoisotopic (exact) mass is 356 g/mol. The van der Waals surface area contributed by atoms with Crippen molar-refractivity contribution in [3.05, 3.63) is 42.2 Å². The van der Waals surface area contributed by atoms with E-state index in [0.29, 0.717) is 16.1 Å². The third kappa shape index (κ3) is 3.08. The number of thioether (sulfide) groups is 1. The molecule has 0 aliphatic rings. The molecule has 1 aromatic carbocycles. The van der Waals surface area contributed by atoms with Crippen molar-refractivity contribution in [1.29, 1.82) is 0 Å². The van der Waals surface area contributed by atoms with Gasteiger partial charge in [-0.3, -0.25) is 4.79 Å². The van der Waals surface area contributed by atoms with Crippen LogP contribution in [0.15, 0.2) is 41.8 Å². The lowest BCUT2D eigenvalue weighted by Crippen LogP contribution is -2.13. The number of aryl methyl sites for hydroxylation is 1. The van der Waals surface area contributed by atoms with E-state index < -0.39 is 0 Å². The summed E-state index contributed by atoms with van der Waals surface area (Å²) in [6, 6.07) is 7.80. The zero-order valence-corrected chi connectivity index (χ0v) is 14.3. The smallest absolute Gasteiger partial charge is 0.253 e. The van der Waals surface area contributed by atoms with Crippen LogP contribution in [-0.4, -0.2) is 36.2 Å². The molecule has 4 aromatic rings. The zero-order chi connectivity index (χ0) is 16.5. The second-order valence-corrected chi connectivity index (χ2v) is 7.06. The van der Waals surface area contributed by atoms with Crippen LogP contribution in [0.4, 0.5) is 5.13 Å². The summed E-state index contributed by atoms with van der Waals surface area (Å²) in [7, 11) is 0.